The Balaban J connectivity index is 5.66. The molecule has 0 rings (SSSR count). The van der Waals surface area contributed by atoms with Crippen LogP contribution in [0.15, 0.2) is 0 Å². The van der Waals surface area contributed by atoms with E-state index in [0.29, 0.717) is 0 Å². The molecule has 0 fully saturated rings. The first-order valence-corrected chi connectivity index (χ1v) is 8.37. The molecule has 0 aliphatic carbocycles. The van der Waals surface area contributed by atoms with E-state index in [1.165, 1.54) is 13.8 Å². The number of rotatable bonds is 11. The molecule has 0 saturated carbocycles. The van der Waals surface area contributed by atoms with Gasteiger partial charge in [0, 0.05) is 34.6 Å². The van der Waals surface area contributed by atoms with Gasteiger partial charge in [0.2, 0.25) is 12.4 Å². The Kier molecular flexibility index (Phi) is 11.4. The van der Waals surface area contributed by atoms with E-state index in [1.54, 1.807) is 0 Å². The predicted octanol–water partition coefficient (Wildman–Crippen LogP) is 0.270. The highest BCUT2D eigenvalue weighted by Gasteiger charge is 2.42. The Hall–Kier alpha value is -2.69. The summed E-state index contributed by atoms with van der Waals surface area (Å²) in [7, 11) is 0. The molecule has 0 radical (unpaired) electrons. The van der Waals surface area contributed by atoms with Crippen molar-refractivity contribution in [3.8, 4) is 0 Å². The van der Waals surface area contributed by atoms with E-state index < -0.39 is 54.4 Å². The normalized spacial score (nSPS) is 14.6. The van der Waals surface area contributed by atoms with Crippen molar-refractivity contribution in [1.82, 2.24) is 0 Å². The minimum absolute atomic E-state index is 0.169. The standard InChI is InChI=1S/C17H26O11/c1-9(25-11(3)19)15(26-12(4)20)16(27-13(5)21)17(28-14(6)22)24-8-7-23-10(2)18/h9,15-17H,7-8H2,1-6H3/t9-,15+,16-,17-/m1/s1. The van der Waals surface area contributed by atoms with Crippen molar-refractivity contribution < 1.29 is 52.4 Å². The van der Waals surface area contributed by atoms with Gasteiger partial charge in [-0.05, 0) is 6.92 Å². The molecule has 0 bridgehead atoms. The molecule has 160 valence electrons. The van der Waals surface area contributed by atoms with Gasteiger partial charge in [0.25, 0.3) is 0 Å². The van der Waals surface area contributed by atoms with Crippen LogP contribution in [0.1, 0.15) is 41.5 Å². The number of ether oxygens (including phenoxy) is 6. The first-order chi connectivity index (χ1) is 12.9. The van der Waals surface area contributed by atoms with Crippen LogP contribution in [0, 0.1) is 0 Å². The van der Waals surface area contributed by atoms with Gasteiger partial charge in [-0.2, -0.15) is 0 Å². The highest BCUT2D eigenvalue weighted by atomic mass is 16.7. The lowest BCUT2D eigenvalue weighted by atomic mass is 10.1. The summed E-state index contributed by atoms with van der Waals surface area (Å²) in [6, 6.07) is 0. The van der Waals surface area contributed by atoms with Crippen LogP contribution in [0.4, 0.5) is 0 Å². The molecule has 28 heavy (non-hydrogen) atoms. The number of hydrogen-bond donors (Lipinski definition) is 0. The SMILES string of the molecule is CC(=O)OCCO[C@H](OC(C)=O)[C@H](OC(C)=O)[C@@H](OC(C)=O)[C@@H](C)OC(C)=O. The van der Waals surface area contributed by atoms with E-state index >= 15 is 0 Å². The van der Waals surface area contributed by atoms with Crippen molar-refractivity contribution in [2.24, 2.45) is 0 Å². The van der Waals surface area contributed by atoms with Crippen molar-refractivity contribution in [3.05, 3.63) is 0 Å². The Labute approximate surface area is 162 Å². The third-order valence-corrected chi connectivity index (χ3v) is 2.96. The molecule has 0 aliphatic rings. The second-order valence-electron chi connectivity index (χ2n) is 5.65. The number of hydrogen-bond acceptors (Lipinski definition) is 11. The zero-order valence-electron chi connectivity index (χ0n) is 16.7. The van der Waals surface area contributed by atoms with Gasteiger partial charge in [-0.3, -0.25) is 24.0 Å². The molecular weight excluding hydrogens is 380 g/mol. The molecule has 0 aromatic heterocycles. The lowest BCUT2D eigenvalue weighted by Crippen LogP contribution is -2.51. The van der Waals surface area contributed by atoms with Crippen LogP contribution < -0.4 is 0 Å². The van der Waals surface area contributed by atoms with Gasteiger partial charge in [0.1, 0.15) is 12.7 Å². The molecule has 11 nitrogen and oxygen atoms in total. The Morgan fingerprint density at radius 3 is 1.50 bits per heavy atom. The fourth-order valence-corrected chi connectivity index (χ4v) is 2.13. The van der Waals surface area contributed by atoms with Gasteiger partial charge in [-0.25, -0.2) is 0 Å². The maximum atomic E-state index is 11.6. The van der Waals surface area contributed by atoms with Crippen molar-refractivity contribution >= 4 is 29.8 Å². The summed E-state index contributed by atoms with van der Waals surface area (Å²) < 4.78 is 30.4. The average Bonchev–Trinajstić information content (AvgIpc) is 2.51. The van der Waals surface area contributed by atoms with Crippen molar-refractivity contribution in [2.75, 3.05) is 13.2 Å². The fourth-order valence-electron chi connectivity index (χ4n) is 2.13. The zero-order valence-corrected chi connectivity index (χ0v) is 16.7. The van der Waals surface area contributed by atoms with Gasteiger partial charge < -0.3 is 28.4 Å². The molecule has 0 aromatic rings. The van der Waals surface area contributed by atoms with E-state index in [1.807, 2.05) is 0 Å². The summed E-state index contributed by atoms with van der Waals surface area (Å²) in [5, 5.41) is 0. The van der Waals surface area contributed by atoms with Crippen molar-refractivity contribution in [1.29, 1.82) is 0 Å². The summed E-state index contributed by atoms with van der Waals surface area (Å²) in [6.07, 6.45) is -5.40. The van der Waals surface area contributed by atoms with Crippen LogP contribution >= 0.6 is 0 Å². The van der Waals surface area contributed by atoms with Gasteiger partial charge in [-0.1, -0.05) is 0 Å². The minimum atomic E-state index is -1.53. The maximum Gasteiger partial charge on any atom is 0.305 e. The van der Waals surface area contributed by atoms with E-state index in [2.05, 4.69) is 0 Å². The topological polar surface area (TPSA) is 141 Å². The molecule has 0 aromatic carbocycles. The summed E-state index contributed by atoms with van der Waals surface area (Å²) in [4.78, 5) is 56.6. The summed E-state index contributed by atoms with van der Waals surface area (Å²) in [6.45, 7) is 6.61. The molecule has 11 heteroatoms. The van der Waals surface area contributed by atoms with E-state index in [-0.39, 0.29) is 13.2 Å². The second-order valence-corrected chi connectivity index (χ2v) is 5.65. The average molecular weight is 406 g/mol. The zero-order chi connectivity index (χ0) is 21.9. The van der Waals surface area contributed by atoms with Crippen LogP contribution in [-0.2, 0) is 52.4 Å². The summed E-state index contributed by atoms with van der Waals surface area (Å²) >= 11 is 0. The lowest BCUT2D eigenvalue weighted by Gasteiger charge is -2.34. The van der Waals surface area contributed by atoms with E-state index in [0.717, 1.165) is 27.7 Å². The van der Waals surface area contributed by atoms with Crippen LogP contribution in [0.25, 0.3) is 0 Å². The molecule has 0 saturated heterocycles. The molecule has 0 aliphatic heterocycles. The monoisotopic (exact) mass is 406 g/mol. The van der Waals surface area contributed by atoms with Crippen LogP contribution in [-0.4, -0.2) is 67.7 Å². The van der Waals surface area contributed by atoms with Crippen LogP contribution in [0.5, 0.6) is 0 Å². The number of carbonyl (C=O) groups is 5. The van der Waals surface area contributed by atoms with Crippen molar-refractivity contribution in [2.45, 2.75) is 66.1 Å². The third kappa shape index (κ3) is 11.1. The van der Waals surface area contributed by atoms with E-state index in [9.17, 15) is 24.0 Å². The maximum absolute atomic E-state index is 11.6. The molecule has 4 atom stereocenters. The van der Waals surface area contributed by atoms with E-state index in [4.69, 9.17) is 28.4 Å². The predicted molar refractivity (Wildman–Crippen MR) is 90.5 cm³/mol. The van der Waals surface area contributed by atoms with Gasteiger partial charge >= 0.3 is 29.8 Å². The smallest absolute Gasteiger partial charge is 0.305 e. The van der Waals surface area contributed by atoms with Crippen LogP contribution in [0.2, 0.25) is 0 Å². The quantitative estimate of drug-likeness (QED) is 0.202. The number of esters is 5. The molecule has 0 spiro atoms. The van der Waals surface area contributed by atoms with Crippen LogP contribution in [0.3, 0.4) is 0 Å². The minimum Gasteiger partial charge on any atom is -0.463 e. The summed E-state index contributed by atoms with van der Waals surface area (Å²) in [5.74, 6) is -3.56. The highest BCUT2D eigenvalue weighted by Crippen LogP contribution is 2.20. The Morgan fingerprint density at radius 1 is 0.607 bits per heavy atom. The largest absolute Gasteiger partial charge is 0.463 e. The second kappa shape index (κ2) is 12.7. The molecular formula is C17H26O11. The Bertz CT molecular complexity index is 571. The first-order valence-electron chi connectivity index (χ1n) is 8.37. The third-order valence-electron chi connectivity index (χ3n) is 2.96. The lowest BCUT2D eigenvalue weighted by molar-refractivity contribution is -0.239. The van der Waals surface area contributed by atoms with Gasteiger partial charge in [-0.15, -0.1) is 0 Å². The number of carbonyl (C=O) groups excluding carboxylic acids is 5. The molecule has 0 unspecified atom stereocenters. The Morgan fingerprint density at radius 2 is 1.07 bits per heavy atom. The first kappa shape index (κ1) is 25.3. The fraction of sp³-hybridized carbons (Fsp3) is 0.706. The highest BCUT2D eigenvalue weighted by molar-refractivity contribution is 5.69. The summed E-state index contributed by atoms with van der Waals surface area (Å²) in [5.41, 5.74) is 0. The van der Waals surface area contributed by atoms with Crippen molar-refractivity contribution in [3.63, 3.8) is 0 Å². The molecule has 0 heterocycles. The van der Waals surface area contributed by atoms with Gasteiger partial charge in [0.15, 0.2) is 6.10 Å². The molecule has 0 N–H and O–H groups in total. The molecule has 0 amide bonds. The van der Waals surface area contributed by atoms with Gasteiger partial charge in [0.05, 0.1) is 6.61 Å².